The van der Waals surface area contributed by atoms with Gasteiger partial charge in [-0.05, 0) is 43.5 Å². The molecule has 1 aliphatic heterocycles. The van der Waals surface area contributed by atoms with Crippen LogP contribution in [0.1, 0.15) is 24.0 Å². The quantitative estimate of drug-likeness (QED) is 0.827. The zero-order valence-electron chi connectivity index (χ0n) is 9.84. The van der Waals surface area contributed by atoms with E-state index in [1.165, 1.54) is 18.4 Å². The van der Waals surface area contributed by atoms with Gasteiger partial charge in [-0.25, -0.2) is 8.42 Å². The smallest absolute Gasteiger partial charge is 0.144 e. The molecule has 17 heavy (non-hydrogen) atoms. The second-order valence-electron chi connectivity index (χ2n) is 4.45. The van der Waals surface area contributed by atoms with Crippen LogP contribution in [0.2, 0.25) is 0 Å². The summed E-state index contributed by atoms with van der Waals surface area (Å²) in [6.07, 6.45) is 4.69. The van der Waals surface area contributed by atoms with E-state index in [9.17, 15) is 8.42 Å². The lowest BCUT2D eigenvalue weighted by Crippen LogP contribution is -2.29. The summed E-state index contributed by atoms with van der Waals surface area (Å²) in [7, 11) is -2.32. The molecule has 1 aliphatic rings. The predicted molar refractivity (Wildman–Crippen MR) is 69.3 cm³/mol. The molecule has 3 nitrogen and oxygen atoms in total. The van der Waals surface area contributed by atoms with Crippen LogP contribution in [0.25, 0.3) is 0 Å². The van der Waals surface area contributed by atoms with Crippen molar-refractivity contribution in [1.82, 2.24) is 4.90 Å². The Labute approximate surface area is 104 Å². The molecule has 0 N–H and O–H groups in total. The van der Waals surface area contributed by atoms with Crippen molar-refractivity contribution in [1.29, 1.82) is 0 Å². The molecule has 1 aromatic rings. The molecule has 1 saturated heterocycles. The number of hydrogen-bond acceptors (Lipinski definition) is 3. The van der Waals surface area contributed by atoms with E-state index in [1.54, 1.807) is 0 Å². The zero-order chi connectivity index (χ0) is 12.1. The summed E-state index contributed by atoms with van der Waals surface area (Å²) < 4.78 is 21.2. The summed E-state index contributed by atoms with van der Waals surface area (Å²) in [5, 5.41) is 0. The Balaban J connectivity index is 1.92. The molecule has 4 heteroatoms. The first-order chi connectivity index (χ1) is 8.24. The number of likely N-dealkylation sites (tertiary alicyclic amines) is 1. The van der Waals surface area contributed by atoms with E-state index in [1.807, 2.05) is 24.3 Å². The average molecular weight is 252 g/mol. The molecule has 0 amide bonds. The van der Waals surface area contributed by atoms with Crippen LogP contribution in [0.5, 0.6) is 0 Å². The van der Waals surface area contributed by atoms with Crippen molar-refractivity contribution in [3.8, 4) is 0 Å². The van der Waals surface area contributed by atoms with E-state index in [0.717, 1.165) is 25.2 Å². The van der Waals surface area contributed by atoms with Crippen LogP contribution >= 0.6 is 0 Å². The normalized spacial score (nSPS) is 17.5. The van der Waals surface area contributed by atoms with E-state index in [0.29, 0.717) is 0 Å². The van der Waals surface area contributed by atoms with E-state index < -0.39 is 10.7 Å². The number of thiol groups is 1. The Hall–Kier alpha value is -0.870. The molecule has 2 rings (SSSR count). The van der Waals surface area contributed by atoms with Gasteiger partial charge in [-0.15, -0.1) is 0 Å². The third-order valence-electron chi connectivity index (χ3n) is 3.04. The maximum absolute atomic E-state index is 10.6. The fraction of sp³-hybridized carbons (Fsp3) is 0.462. The molecule has 0 aromatic heterocycles. The molecular weight excluding hydrogens is 234 g/mol. The van der Waals surface area contributed by atoms with Crippen LogP contribution < -0.4 is 0 Å². The molecule has 0 atom stereocenters. The fourth-order valence-corrected chi connectivity index (χ4v) is 2.63. The van der Waals surface area contributed by atoms with Gasteiger partial charge < -0.3 is 0 Å². The Morgan fingerprint density at radius 1 is 1.00 bits per heavy atom. The molecule has 1 heterocycles. The highest BCUT2D eigenvalue weighted by Gasteiger charge is 2.10. The standard InChI is InChI=1S/C13H18NO2S/c15-17(16)11-13-6-4-12(5-7-13)10-14-8-2-1-3-9-14/h1,4-7,17H,2-3,8-11H2. The van der Waals surface area contributed by atoms with Crippen LogP contribution in [-0.4, -0.2) is 26.4 Å². The third-order valence-corrected chi connectivity index (χ3v) is 3.66. The number of piperidine rings is 1. The van der Waals surface area contributed by atoms with Gasteiger partial charge in [0.05, 0.1) is 5.75 Å². The topological polar surface area (TPSA) is 37.4 Å². The average Bonchev–Trinajstić information content (AvgIpc) is 2.32. The first-order valence-corrected chi connectivity index (χ1v) is 7.34. The molecule has 0 unspecified atom stereocenters. The molecule has 1 radical (unpaired) electrons. The summed E-state index contributed by atoms with van der Waals surface area (Å²) in [6, 6.07) is 7.89. The van der Waals surface area contributed by atoms with E-state index in [4.69, 9.17) is 0 Å². The maximum atomic E-state index is 10.6. The summed E-state index contributed by atoms with van der Waals surface area (Å²) in [6.45, 7) is 3.24. The Bertz CT molecular complexity index is 412. The summed E-state index contributed by atoms with van der Waals surface area (Å²) in [4.78, 5) is 2.43. The molecule has 0 bridgehead atoms. The summed E-state index contributed by atoms with van der Waals surface area (Å²) >= 11 is 0. The first-order valence-electron chi connectivity index (χ1n) is 5.98. The van der Waals surface area contributed by atoms with Crippen molar-refractivity contribution in [3.63, 3.8) is 0 Å². The van der Waals surface area contributed by atoms with Gasteiger partial charge in [-0.1, -0.05) is 24.3 Å². The van der Waals surface area contributed by atoms with Gasteiger partial charge in [-0.3, -0.25) is 4.90 Å². The molecule has 0 aliphatic carbocycles. The summed E-state index contributed by atoms with van der Waals surface area (Å²) in [5.41, 5.74) is 2.13. The van der Waals surface area contributed by atoms with E-state index in [-0.39, 0.29) is 5.75 Å². The Morgan fingerprint density at radius 2 is 1.59 bits per heavy atom. The highest BCUT2D eigenvalue weighted by Crippen LogP contribution is 2.13. The van der Waals surface area contributed by atoms with Crippen molar-refractivity contribution in [2.75, 3.05) is 13.1 Å². The minimum Gasteiger partial charge on any atom is -0.299 e. The predicted octanol–water partition coefficient (Wildman–Crippen LogP) is 1.60. The van der Waals surface area contributed by atoms with Crippen molar-refractivity contribution >= 4 is 10.7 Å². The fourth-order valence-electron chi connectivity index (χ4n) is 2.12. The van der Waals surface area contributed by atoms with Crippen LogP contribution in [0.4, 0.5) is 0 Å². The Kier molecular flexibility index (Phi) is 4.57. The number of rotatable bonds is 4. The van der Waals surface area contributed by atoms with Crippen LogP contribution in [0, 0.1) is 6.42 Å². The van der Waals surface area contributed by atoms with Crippen LogP contribution in [0.3, 0.4) is 0 Å². The molecule has 0 saturated carbocycles. The van der Waals surface area contributed by atoms with E-state index >= 15 is 0 Å². The van der Waals surface area contributed by atoms with Gasteiger partial charge in [0.25, 0.3) is 0 Å². The minimum absolute atomic E-state index is 0.147. The number of hydrogen-bond donors (Lipinski definition) is 1. The van der Waals surface area contributed by atoms with Gasteiger partial charge >= 0.3 is 0 Å². The molecule has 93 valence electrons. The van der Waals surface area contributed by atoms with Gasteiger partial charge in [0.15, 0.2) is 0 Å². The highest BCUT2D eigenvalue weighted by atomic mass is 32.2. The highest BCUT2D eigenvalue weighted by molar-refractivity contribution is 7.71. The molecule has 1 aromatic carbocycles. The van der Waals surface area contributed by atoms with Crippen molar-refractivity contribution in [3.05, 3.63) is 41.8 Å². The van der Waals surface area contributed by atoms with Gasteiger partial charge in [0.2, 0.25) is 0 Å². The van der Waals surface area contributed by atoms with Gasteiger partial charge in [0, 0.05) is 6.54 Å². The van der Waals surface area contributed by atoms with Crippen molar-refractivity contribution < 1.29 is 8.42 Å². The number of nitrogens with zero attached hydrogens (tertiary/aromatic N) is 1. The van der Waals surface area contributed by atoms with Crippen LogP contribution in [-0.2, 0) is 23.0 Å². The molecular formula is C13H18NO2S. The van der Waals surface area contributed by atoms with Crippen molar-refractivity contribution in [2.45, 2.75) is 25.1 Å². The first kappa shape index (κ1) is 12.6. The zero-order valence-corrected chi connectivity index (χ0v) is 10.7. The largest absolute Gasteiger partial charge is 0.299 e. The number of benzene rings is 1. The molecule has 0 spiro atoms. The van der Waals surface area contributed by atoms with Gasteiger partial charge in [0.1, 0.15) is 10.7 Å². The second-order valence-corrected chi connectivity index (χ2v) is 5.43. The Morgan fingerprint density at radius 3 is 2.18 bits per heavy atom. The van der Waals surface area contributed by atoms with E-state index in [2.05, 4.69) is 11.3 Å². The third kappa shape index (κ3) is 4.13. The lowest BCUT2D eigenvalue weighted by Gasteiger charge is -2.26. The van der Waals surface area contributed by atoms with Crippen LogP contribution in [0.15, 0.2) is 24.3 Å². The second kappa shape index (κ2) is 6.17. The minimum atomic E-state index is -2.32. The SMILES string of the molecule is O=[SH](=O)Cc1ccc(CN2CC[CH]CC2)cc1. The van der Waals surface area contributed by atoms with Crippen molar-refractivity contribution in [2.24, 2.45) is 0 Å². The monoisotopic (exact) mass is 252 g/mol. The lowest BCUT2D eigenvalue weighted by molar-refractivity contribution is 0.246. The summed E-state index contributed by atoms with van der Waals surface area (Å²) in [5.74, 6) is 0.147. The molecule has 1 fully saturated rings. The van der Waals surface area contributed by atoms with Gasteiger partial charge in [-0.2, -0.15) is 0 Å². The lowest BCUT2D eigenvalue weighted by atomic mass is 10.1. The maximum Gasteiger partial charge on any atom is 0.144 e.